The summed E-state index contributed by atoms with van der Waals surface area (Å²) in [6.07, 6.45) is 1.34. The second-order valence-corrected chi connectivity index (χ2v) is 1.75. The van der Waals surface area contributed by atoms with Crippen LogP contribution in [0.1, 0.15) is 0 Å². The first-order valence-electron chi connectivity index (χ1n) is 3.01. The van der Waals surface area contributed by atoms with Crippen LogP contribution in [0.5, 0.6) is 0 Å². The zero-order chi connectivity index (χ0) is 7.23. The first-order valence-corrected chi connectivity index (χ1v) is 3.01. The van der Waals surface area contributed by atoms with Crippen molar-refractivity contribution in [2.24, 2.45) is 0 Å². The van der Waals surface area contributed by atoms with E-state index in [-0.39, 0.29) is 0 Å². The number of hydrogen-bond donors (Lipinski definition) is 1. The third-order valence-corrected chi connectivity index (χ3v) is 1.03. The molecule has 10 heavy (non-hydrogen) atoms. The standard InChI is InChI=1S/C8H9NO/c1-2-10-9-8-6-4-3-5-7-8/h2-7,9H,1H2. The first kappa shape index (κ1) is 6.68. The molecule has 2 nitrogen and oxygen atoms in total. The lowest BCUT2D eigenvalue weighted by molar-refractivity contribution is 0.331. The Bertz CT molecular complexity index is 196. The van der Waals surface area contributed by atoms with Crippen LogP contribution in [0.15, 0.2) is 43.2 Å². The zero-order valence-corrected chi connectivity index (χ0v) is 5.58. The Hall–Kier alpha value is -1.44. The maximum Gasteiger partial charge on any atom is 0.112 e. The average molecular weight is 135 g/mol. The van der Waals surface area contributed by atoms with Gasteiger partial charge in [-0.05, 0) is 12.1 Å². The van der Waals surface area contributed by atoms with Gasteiger partial charge in [0.05, 0.1) is 5.69 Å². The van der Waals surface area contributed by atoms with Crippen LogP contribution in [0, 0.1) is 0 Å². The molecular weight excluding hydrogens is 126 g/mol. The lowest BCUT2D eigenvalue weighted by atomic mass is 10.3. The van der Waals surface area contributed by atoms with E-state index in [2.05, 4.69) is 12.1 Å². The summed E-state index contributed by atoms with van der Waals surface area (Å²) in [5.74, 6) is 0. The van der Waals surface area contributed by atoms with Crippen molar-refractivity contribution >= 4 is 5.69 Å². The van der Waals surface area contributed by atoms with Crippen LogP contribution in [-0.4, -0.2) is 0 Å². The third kappa shape index (κ3) is 1.82. The number of rotatable bonds is 3. The van der Waals surface area contributed by atoms with Crippen molar-refractivity contribution in [1.29, 1.82) is 0 Å². The predicted molar refractivity (Wildman–Crippen MR) is 41.3 cm³/mol. The molecule has 0 aliphatic rings. The van der Waals surface area contributed by atoms with Gasteiger partial charge in [0.15, 0.2) is 0 Å². The van der Waals surface area contributed by atoms with Crippen LogP contribution in [0.2, 0.25) is 0 Å². The highest BCUT2D eigenvalue weighted by Crippen LogP contribution is 2.03. The summed E-state index contributed by atoms with van der Waals surface area (Å²) in [4.78, 5) is 4.73. The first-order chi connectivity index (χ1) is 4.93. The second kappa shape index (κ2) is 3.56. The molecule has 0 aliphatic heterocycles. The van der Waals surface area contributed by atoms with Crippen LogP contribution < -0.4 is 5.48 Å². The van der Waals surface area contributed by atoms with Gasteiger partial charge < -0.3 is 4.84 Å². The monoisotopic (exact) mass is 135 g/mol. The highest BCUT2D eigenvalue weighted by molar-refractivity contribution is 5.40. The SMILES string of the molecule is C=CONc1ccccc1. The van der Waals surface area contributed by atoms with Crippen LogP contribution in [0.25, 0.3) is 0 Å². The van der Waals surface area contributed by atoms with Crippen LogP contribution in [0.3, 0.4) is 0 Å². The second-order valence-electron chi connectivity index (χ2n) is 1.75. The van der Waals surface area contributed by atoms with E-state index in [0.29, 0.717) is 0 Å². The number of anilines is 1. The maximum absolute atomic E-state index is 4.73. The van der Waals surface area contributed by atoms with E-state index in [1.807, 2.05) is 30.3 Å². The van der Waals surface area contributed by atoms with E-state index in [4.69, 9.17) is 4.84 Å². The fourth-order valence-corrected chi connectivity index (χ4v) is 0.616. The predicted octanol–water partition coefficient (Wildman–Crippen LogP) is 2.17. The van der Waals surface area contributed by atoms with Gasteiger partial charge in [-0.15, -0.1) is 0 Å². The van der Waals surface area contributed by atoms with Crippen molar-refractivity contribution in [3.63, 3.8) is 0 Å². The molecule has 0 aliphatic carbocycles. The lowest BCUT2D eigenvalue weighted by Gasteiger charge is -2.01. The molecule has 1 aromatic rings. The van der Waals surface area contributed by atoms with E-state index in [1.54, 1.807) is 0 Å². The molecule has 0 aromatic heterocycles. The summed E-state index contributed by atoms with van der Waals surface area (Å²) < 4.78 is 0. The zero-order valence-electron chi connectivity index (χ0n) is 5.58. The minimum atomic E-state index is 0.919. The molecule has 1 rings (SSSR count). The van der Waals surface area contributed by atoms with Gasteiger partial charge in [-0.3, -0.25) is 0 Å². The summed E-state index contributed by atoms with van der Waals surface area (Å²) in [6.45, 7) is 3.39. The smallest absolute Gasteiger partial charge is 0.112 e. The highest BCUT2D eigenvalue weighted by Gasteiger charge is 1.83. The van der Waals surface area contributed by atoms with E-state index < -0.39 is 0 Å². The van der Waals surface area contributed by atoms with E-state index >= 15 is 0 Å². The number of nitrogens with one attached hydrogen (secondary N) is 1. The van der Waals surface area contributed by atoms with E-state index in [1.165, 1.54) is 6.26 Å². The van der Waals surface area contributed by atoms with Gasteiger partial charge in [0, 0.05) is 0 Å². The molecule has 0 bridgehead atoms. The molecule has 52 valence electrons. The van der Waals surface area contributed by atoms with Gasteiger partial charge >= 0.3 is 0 Å². The summed E-state index contributed by atoms with van der Waals surface area (Å²) in [6, 6.07) is 9.61. The fraction of sp³-hybridized carbons (Fsp3) is 0. The molecule has 0 amide bonds. The van der Waals surface area contributed by atoms with E-state index in [0.717, 1.165) is 5.69 Å². The topological polar surface area (TPSA) is 21.3 Å². The fourth-order valence-electron chi connectivity index (χ4n) is 0.616. The highest BCUT2D eigenvalue weighted by atomic mass is 16.6. The molecular formula is C8H9NO. The van der Waals surface area contributed by atoms with Crippen molar-refractivity contribution in [2.45, 2.75) is 0 Å². The van der Waals surface area contributed by atoms with Crippen molar-refractivity contribution in [2.75, 3.05) is 5.48 Å². The van der Waals surface area contributed by atoms with Gasteiger partial charge in [0.25, 0.3) is 0 Å². The molecule has 2 heteroatoms. The average Bonchev–Trinajstić information content (AvgIpc) is 2.03. The summed E-state index contributed by atoms with van der Waals surface area (Å²) in [5.41, 5.74) is 3.60. The number of benzene rings is 1. The normalized spacial score (nSPS) is 8.40. The molecule has 0 fully saturated rings. The van der Waals surface area contributed by atoms with Gasteiger partial charge in [-0.1, -0.05) is 24.8 Å². The number of para-hydroxylation sites is 1. The van der Waals surface area contributed by atoms with Crippen molar-refractivity contribution in [1.82, 2.24) is 0 Å². The van der Waals surface area contributed by atoms with Gasteiger partial charge in [0.1, 0.15) is 6.26 Å². The molecule has 1 aromatic carbocycles. The van der Waals surface area contributed by atoms with E-state index in [9.17, 15) is 0 Å². The number of hydrogen-bond acceptors (Lipinski definition) is 2. The van der Waals surface area contributed by atoms with Crippen LogP contribution in [0.4, 0.5) is 5.69 Å². The van der Waals surface area contributed by atoms with Crippen LogP contribution in [-0.2, 0) is 4.84 Å². The molecule has 0 saturated heterocycles. The van der Waals surface area contributed by atoms with Crippen molar-refractivity contribution < 1.29 is 4.84 Å². The lowest BCUT2D eigenvalue weighted by Crippen LogP contribution is -1.92. The summed E-state index contributed by atoms with van der Waals surface area (Å²) in [5, 5.41) is 0. The molecule has 1 N–H and O–H groups in total. The van der Waals surface area contributed by atoms with Gasteiger partial charge in [-0.25, -0.2) is 5.48 Å². The summed E-state index contributed by atoms with van der Waals surface area (Å²) in [7, 11) is 0. The molecule has 0 unspecified atom stereocenters. The minimum Gasteiger partial charge on any atom is -0.391 e. The van der Waals surface area contributed by atoms with Gasteiger partial charge in [0.2, 0.25) is 0 Å². The quantitative estimate of drug-likeness (QED) is 0.506. The Labute approximate surface area is 60.1 Å². The molecule has 0 atom stereocenters. The largest absolute Gasteiger partial charge is 0.391 e. The Morgan fingerprint density at radius 3 is 2.60 bits per heavy atom. The Balaban J connectivity index is 2.50. The Kier molecular flexibility index (Phi) is 2.38. The van der Waals surface area contributed by atoms with Gasteiger partial charge in [-0.2, -0.15) is 0 Å². The molecule has 0 heterocycles. The molecule has 0 spiro atoms. The minimum absolute atomic E-state index is 0.919. The summed E-state index contributed by atoms with van der Waals surface area (Å²) >= 11 is 0. The molecule has 0 radical (unpaired) electrons. The maximum atomic E-state index is 4.73. The Morgan fingerprint density at radius 2 is 2.00 bits per heavy atom. The third-order valence-electron chi connectivity index (χ3n) is 1.03. The van der Waals surface area contributed by atoms with Crippen LogP contribution >= 0.6 is 0 Å². The van der Waals surface area contributed by atoms with Crippen molar-refractivity contribution in [3.8, 4) is 0 Å². The van der Waals surface area contributed by atoms with Crippen molar-refractivity contribution in [3.05, 3.63) is 43.2 Å². The Morgan fingerprint density at radius 1 is 1.30 bits per heavy atom. The molecule has 0 saturated carbocycles.